The number of hydrogen-bond acceptors (Lipinski definition) is 11. The minimum Gasteiger partial charge on any atom is -0.504 e. The van der Waals surface area contributed by atoms with Crippen molar-refractivity contribution in [3.63, 3.8) is 0 Å². The van der Waals surface area contributed by atoms with E-state index in [1.807, 2.05) is 0 Å². The highest BCUT2D eigenvalue weighted by Gasteiger charge is 2.44. The van der Waals surface area contributed by atoms with Crippen molar-refractivity contribution in [2.45, 2.75) is 31.0 Å². The molecular formula is C18H22N6O6. The number of anilines is 2. The van der Waals surface area contributed by atoms with Crippen LogP contribution in [0.25, 0.3) is 11.2 Å². The topological polar surface area (TPSA) is 192 Å². The maximum Gasteiger partial charge on any atom is 0.226 e. The summed E-state index contributed by atoms with van der Waals surface area (Å²) in [5.74, 6) is -0.0463. The molecule has 3 aromatic rings. The third-order valence-corrected chi connectivity index (χ3v) is 4.98. The molecule has 4 atom stereocenters. The zero-order chi connectivity index (χ0) is 21.4. The number of rotatable bonds is 6. The predicted octanol–water partition coefficient (Wildman–Crippen LogP) is -0.914. The maximum atomic E-state index is 10.3. The molecular weight excluding hydrogens is 396 g/mol. The van der Waals surface area contributed by atoms with Crippen molar-refractivity contribution in [3.05, 3.63) is 30.1 Å². The summed E-state index contributed by atoms with van der Waals surface area (Å²) < 4.78 is 6.97. The van der Waals surface area contributed by atoms with E-state index in [4.69, 9.17) is 10.5 Å². The molecule has 0 bridgehead atoms. The maximum absolute atomic E-state index is 10.3. The summed E-state index contributed by atoms with van der Waals surface area (Å²) in [6, 6.07) is 4.56. The Morgan fingerprint density at radius 2 is 1.93 bits per heavy atom. The number of ether oxygens (including phenoxy) is 1. The van der Waals surface area contributed by atoms with Gasteiger partial charge in [0.1, 0.15) is 23.8 Å². The van der Waals surface area contributed by atoms with Gasteiger partial charge in [0.05, 0.1) is 12.9 Å². The highest BCUT2D eigenvalue weighted by atomic mass is 16.6. The lowest BCUT2D eigenvalue weighted by Gasteiger charge is -2.16. The highest BCUT2D eigenvalue weighted by molar-refractivity contribution is 5.83. The summed E-state index contributed by atoms with van der Waals surface area (Å²) >= 11 is 0. The van der Waals surface area contributed by atoms with Gasteiger partial charge in [-0.05, 0) is 24.1 Å². The summed E-state index contributed by atoms with van der Waals surface area (Å²) in [4.78, 5) is 12.7. The summed E-state index contributed by atoms with van der Waals surface area (Å²) in [5, 5.41) is 51.5. The van der Waals surface area contributed by atoms with Gasteiger partial charge in [-0.1, -0.05) is 6.07 Å². The molecule has 1 fully saturated rings. The van der Waals surface area contributed by atoms with Gasteiger partial charge in [0, 0.05) is 6.54 Å². The molecule has 30 heavy (non-hydrogen) atoms. The van der Waals surface area contributed by atoms with E-state index in [-0.39, 0.29) is 23.3 Å². The van der Waals surface area contributed by atoms with E-state index in [1.54, 1.807) is 6.07 Å². The molecule has 160 valence electrons. The molecule has 1 aromatic carbocycles. The van der Waals surface area contributed by atoms with Gasteiger partial charge in [0.15, 0.2) is 29.2 Å². The van der Waals surface area contributed by atoms with Gasteiger partial charge in [-0.25, -0.2) is 4.98 Å². The van der Waals surface area contributed by atoms with Gasteiger partial charge in [0.2, 0.25) is 5.95 Å². The van der Waals surface area contributed by atoms with Crippen molar-refractivity contribution in [3.8, 4) is 11.5 Å². The number of hydrogen-bond donors (Lipinski definition) is 7. The van der Waals surface area contributed by atoms with Gasteiger partial charge >= 0.3 is 0 Å². The average molecular weight is 418 g/mol. The van der Waals surface area contributed by atoms with Crippen molar-refractivity contribution in [1.29, 1.82) is 0 Å². The Morgan fingerprint density at radius 1 is 1.13 bits per heavy atom. The third kappa shape index (κ3) is 3.57. The van der Waals surface area contributed by atoms with Gasteiger partial charge in [-0.15, -0.1) is 0 Å². The molecule has 0 aliphatic carbocycles. The van der Waals surface area contributed by atoms with Gasteiger partial charge in [0.25, 0.3) is 0 Å². The molecule has 3 heterocycles. The van der Waals surface area contributed by atoms with E-state index in [9.17, 15) is 25.5 Å². The molecule has 0 saturated carbocycles. The Morgan fingerprint density at radius 3 is 2.63 bits per heavy atom. The van der Waals surface area contributed by atoms with Crippen LogP contribution in [0.2, 0.25) is 0 Å². The standard InChI is InChI=1S/C18H22N6O6/c19-15-12-16(24(7-21-12)17-14(29)13(28)11(6-25)30-17)23-18(22-15)20-4-3-8-1-2-9(26)10(27)5-8/h1-2,5,7,11,13-14,17,25-29H,3-4,6H2,(H3,19,20,22,23)/t11-,13-,14-,17?/m1/s1. The molecule has 0 spiro atoms. The van der Waals surface area contributed by atoms with Gasteiger partial charge < -0.3 is 41.3 Å². The number of nitrogen functional groups attached to an aromatic ring is 1. The zero-order valence-electron chi connectivity index (χ0n) is 15.8. The number of aromatic hydroxyl groups is 2. The second-order valence-corrected chi connectivity index (χ2v) is 6.99. The van der Waals surface area contributed by atoms with Crippen LogP contribution in [0.3, 0.4) is 0 Å². The first kappa shape index (κ1) is 20.1. The summed E-state index contributed by atoms with van der Waals surface area (Å²) in [6.45, 7) is -0.0325. The number of aromatic nitrogens is 4. The van der Waals surface area contributed by atoms with Crippen LogP contribution in [0.5, 0.6) is 11.5 Å². The molecule has 1 saturated heterocycles. The number of fused-ring (bicyclic) bond motifs is 1. The molecule has 12 heteroatoms. The highest BCUT2D eigenvalue weighted by Crippen LogP contribution is 2.32. The van der Waals surface area contributed by atoms with E-state index in [0.29, 0.717) is 24.1 Å². The Balaban J connectivity index is 1.54. The number of imidazole rings is 1. The fourth-order valence-corrected chi connectivity index (χ4v) is 3.36. The fraction of sp³-hybridized carbons (Fsp3) is 0.389. The Bertz CT molecular complexity index is 1060. The fourth-order valence-electron chi connectivity index (χ4n) is 3.36. The van der Waals surface area contributed by atoms with E-state index in [1.165, 1.54) is 23.0 Å². The number of benzene rings is 1. The van der Waals surface area contributed by atoms with Crippen molar-refractivity contribution < 1.29 is 30.3 Å². The van der Waals surface area contributed by atoms with E-state index < -0.39 is 31.1 Å². The number of nitrogens with one attached hydrogen (secondary N) is 1. The largest absolute Gasteiger partial charge is 0.504 e. The van der Waals surface area contributed by atoms with Crippen molar-refractivity contribution in [2.24, 2.45) is 0 Å². The minimum absolute atomic E-state index is 0.121. The van der Waals surface area contributed by atoms with Crippen LogP contribution < -0.4 is 11.1 Å². The number of aliphatic hydroxyl groups excluding tert-OH is 3. The molecule has 0 amide bonds. The number of nitrogens with two attached hydrogens (primary N) is 1. The Labute approximate surface area is 170 Å². The molecule has 4 rings (SSSR count). The molecule has 1 aliphatic heterocycles. The second-order valence-electron chi connectivity index (χ2n) is 6.99. The molecule has 1 aliphatic rings. The lowest BCUT2D eigenvalue weighted by molar-refractivity contribution is -0.0511. The number of phenolic OH excluding ortho intramolecular Hbond substituents is 2. The average Bonchev–Trinajstić information content (AvgIpc) is 3.26. The monoisotopic (exact) mass is 418 g/mol. The van der Waals surface area contributed by atoms with E-state index >= 15 is 0 Å². The SMILES string of the molecule is Nc1nc(NCCc2ccc(O)c(O)c2)nc2c1ncn2C1O[C@H](CO)[C@@H](O)[C@H]1O. The lowest BCUT2D eigenvalue weighted by Crippen LogP contribution is -2.33. The van der Waals surface area contributed by atoms with E-state index in [0.717, 1.165) is 5.56 Å². The quantitative estimate of drug-likeness (QED) is 0.245. The first-order chi connectivity index (χ1) is 14.4. The van der Waals surface area contributed by atoms with Crippen LogP contribution >= 0.6 is 0 Å². The number of phenols is 2. The smallest absolute Gasteiger partial charge is 0.226 e. The summed E-state index contributed by atoms with van der Waals surface area (Å²) in [6.07, 6.45) is -2.57. The first-order valence-corrected chi connectivity index (χ1v) is 9.26. The van der Waals surface area contributed by atoms with Crippen molar-refractivity contribution in [2.75, 3.05) is 24.2 Å². The Hall–Kier alpha value is -3.19. The zero-order valence-corrected chi connectivity index (χ0v) is 15.8. The number of aliphatic hydroxyl groups is 3. The lowest BCUT2D eigenvalue weighted by atomic mass is 10.1. The molecule has 12 nitrogen and oxygen atoms in total. The van der Waals surface area contributed by atoms with Crippen molar-refractivity contribution >= 4 is 22.9 Å². The third-order valence-electron chi connectivity index (χ3n) is 4.98. The first-order valence-electron chi connectivity index (χ1n) is 9.26. The number of nitrogens with zero attached hydrogens (tertiary/aromatic N) is 4. The van der Waals surface area contributed by atoms with Crippen LogP contribution in [0.4, 0.5) is 11.8 Å². The second kappa shape index (κ2) is 7.91. The molecule has 1 unspecified atom stereocenters. The van der Waals surface area contributed by atoms with E-state index in [2.05, 4.69) is 20.3 Å². The van der Waals surface area contributed by atoms with Gasteiger partial charge in [-0.2, -0.15) is 9.97 Å². The summed E-state index contributed by atoms with van der Waals surface area (Å²) in [5.41, 5.74) is 7.38. The Kier molecular flexibility index (Phi) is 5.30. The van der Waals surface area contributed by atoms with Crippen LogP contribution in [0, 0.1) is 0 Å². The normalized spacial score (nSPS) is 23.8. The van der Waals surface area contributed by atoms with Crippen LogP contribution in [-0.2, 0) is 11.2 Å². The van der Waals surface area contributed by atoms with Crippen LogP contribution in [0.15, 0.2) is 24.5 Å². The predicted molar refractivity (Wildman–Crippen MR) is 105 cm³/mol. The van der Waals surface area contributed by atoms with Crippen molar-refractivity contribution in [1.82, 2.24) is 19.5 Å². The van der Waals surface area contributed by atoms with Crippen LogP contribution in [0.1, 0.15) is 11.8 Å². The van der Waals surface area contributed by atoms with Gasteiger partial charge in [-0.3, -0.25) is 4.57 Å². The summed E-state index contributed by atoms with van der Waals surface area (Å²) in [7, 11) is 0. The van der Waals surface area contributed by atoms with Crippen LogP contribution in [-0.4, -0.2) is 76.5 Å². The molecule has 0 radical (unpaired) electrons. The minimum atomic E-state index is -1.28. The molecule has 2 aromatic heterocycles. The molecule has 8 N–H and O–H groups in total.